The first kappa shape index (κ1) is 11.5. The minimum absolute atomic E-state index is 0.430. The molecule has 0 bridgehead atoms. The van der Waals surface area contributed by atoms with Gasteiger partial charge in [-0.2, -0.15) is 4.98 Å². The Hall–Kier alpha value is -1.62. The van der Waals surface area contributed by atoms with Crippen molar-refractivity contribution in [3.05, 3.63) is 23.9 Å². The maximum Gasteiger partial charge on any atom is 0.246 e. The van der Waals surface area contributed by atoms with Crippen LogP contribution in [-0.2, 0) is 0 Å². The van der Waals surface area contributed by atoms with Crippen molar-refractivity contribution in [2.45, 2.75) is 32.9 Å². The van der Waals surface area contributed by atoms with E-state index in [-0.39, 0.29) is 0 Å². The Balaban J connectivity index is 1.97. The molecule has 5 heteroatoms. The van der Waals surface area contributed by atoms with Crippen molar-refractivity contribution in [3.63, 3.8) is 0 Å². The predicted molar refractivity (Wildman–Crippen MR) is 72.0 cm³/mol. The lowest BCUT2D eigenvalue weighted by Crippen LogP contribution is -2.54. The Labute approximate surface area is 107 Å². The third-order valence-electron chi connectivity index (χ3n) is 3.50. The largest absolute Gasteiger partial charge is 0.334 e. The average Bonchev–Trinajstić information content (AvgIpc) is 2.74. The van der Waals surface area contributed by atoms with Gasteiger partial charge in [-0.1, -0.05) is 0 Å². The summed E-state index contributed by atoms with van der Waals surface area (Å²) in [6.07, 6.45) is 1.97. The summed E-state index contributed by atoms with van der Waals surface area (Å²) >= 11 is 0. The summed E-state index contributed by atoms with van der Waals surface area (Å²) in [5, 5.41) is 8.04. The van der Waals surface area contributed by atoms with Gasteiger partial charge in [0.15, 0.2) is 5.65 Å². The number of hydrogen-bond acceptors (Lipinski definition) is 4. The van der Waals surface area contributed by atoms with Gasteiger partial charge in [0, 0.05) is 31.4 Å². The van der Waals surface area contributed by atoms with Crippen LogP contribution >= 0.6 is 0 Å². The minimum Gasteiger partial charge on any atom is -0.334 e. The fourth-order valence-electron chi connectivity index (χ4n) is 2.39. The van der Waals surface area contributed by atoms with Gasteiger partial charge in [-0.15, -0.1) is 5.10 Å². The molecule has 1 saturated heterocycles. The highest BCUT2D eigenvalue weighted by Gasteiger charge is 2.25. The van der Waals surface area contributed by atoms with Gasteiger partial charge < -0.3 is 10.2 Å². The molecule has 2 unspecified atom stereocenters. The first-order valence-electron chi connectivity index (χ1n) is 6.46. The first-order valence-corrected chi connectivity index (χ1v) is 6.46. The smallest absolute Gasteiger partial charge is 0.246 e. The molecule has 18 heavy (non-hydrogen) atoms. The molecule has 1 N–H and O–H groups in total. The van der Waals surface area contributed by atoms with Crippen LogP contribution in [0.15, 0.2) is 18.3 Å². The third-order valence-corrected chi connectivity index (χ3v) is 3.50. The summed E-state index contributed by atoms with van der Waals surface area (Å²) < 4.78 is 1.85. The molecule has 0 radical (unpaired) electrons. The van der Waals surface area contributed by atoms with E-state index in [0.29, 0.717) is 12.1 Å². The van der Waals surface area contributed by atoms with Gasteiger partial charge in [0.1, 0.15) is 0 Å². The van der Waals surface area contributed by atoms with E-state index in [2.05, 4.69) is 53.2 Å². The van der Waals surface area contributed by atoms with Crippen LogP contribution in [0.25, 0.3) is 5.65 Å². The number of aromatic nitrogens is 3. The van der Waals surface area contributed by atoms with E-state index in [4.69, 9.17) is 0 Å². The maximum absolute atomic E-state index is 4.63. The van der Waals surface area contributed by atoms with Crippen LogP contribution in [0.3, 0.4) is 0 Å². The third kappa shape index (κ3) is 1.95. The second-order valence-electron chi connectivity index (χ2n) is 5.23. The summed E-state index contributed by atoms with van der Waals surface area (Å²) in [5.74, 6) is 0.835. The molecule has 3 heterocycles. The van der Waals surface area contributed by atoms with Crippen molar-refractivity contribution in [2.75, 3.05) is 18.0 Å². The molecule has 1 fully saturated rings. The van der Waals surface area contributed by atoms with E-state index in [1.54, 1.807) is 0 Å². The van der Waals surface area contributed by atoms with Crippen LogP contribution in [0, 0.1) is 6.92 Å². The van der Waals surface area contributed by atoms with Gasteiger partial charge in [-0.05, 0) is 38.5 Å². The molecule has 0 spiro atoms. The van der Waals surface area contributed by atoms with Crippen molar-refractivity contribution in [1.82, 2.24) is 19.9 Å². The van der Waals surface area contributed by atoms with Crippen molar-refractivity contribution in [2.24, 2.45) is 0 Å². The van der Waals surface area contributed by atoms with E-state index < -0.39 is 0 Å². The summed E-state index contributed by atoms with van der Waals surface area (Å²) in [4.78, 5) is 6.91. The second-order valence-corrected chi connectivity index (χ2v) is 5.23. The van der Waals surface area contributed by atoms with Gasteiger partial charge in [0.25, 0.3) is 0 Å². The van der Waals surface area contributed by atoms with Crippen molar-refractivity contribution < 1.29 is 0 Å². The Bertz CT molecular complexity index is 562. The zero-order chi connectivity index (χ0) is 12.7. The molecule has 2 aromatic heterocycles. The lowest BCUT2D eigenvalue weighted by Gasteiger charge is -2.36. The fraction of sp³-hybridized carbons (Fsp3) is 0.538. The highest BCUT2D eigenvalue weighted by atomic mass is 15.4. The van der Waals surface area contributed by atoms with Crippen LogP contribution in [0.1, 0.15) is 19.4 Å². The highest BCUT2D eigenvalue weighted by molar-refractivity contribution is 5.47. The van der Waals surface area contributed by atoms with Gasteiger partial charge >= 0.3 is 0 Å². The number of fused-ring (bicyclic) bond motifs is 1. The molecule has 1 aliphatic rings. The molecular formula is C13H19N5. The number of nitrogens with zero attached hydrogens (tertiary/aromatic N) is 4. The molecular weight excluding hydrogens is 226 g/mol. The molecule has 5 nitrogen and oxygen atoms in total. The zero-order valence-electron chi connectivity index (χ0n) is 11.1. The number of anilines is 1. The molecule has 0 aromatic carbocycles. The van der Waals surface area contributed by atoms with Crippen LogP contribution in [0.4, 0.5) is 5.95 Å². The Morgan fingerprint density at radius 2 is 2.22 bits per heavy atom. The molecule has 0 amide bonds. The summed E-state index contributed by atoms with van der Waals surface area (Å²) in [5.41, 5.74) is 2.13. The highest BCUT2D eigenvalue weighted by Crippen LogP contribution is 2.17. The van der Waals surface area contributed by atoms with Gasteiger partial charge in [0.05, 0.1) is 0 Å². The SMILES string of the molecule is Cc1ccn2nc(N3CC(C)NCC3C)nc2c1. The maximum atomic E-state index is 4.63. The average molecular weight is 245 g/mol. The molecule has 0 aliphatic carbocycles. The molecule has 1 aliphatic heterocycles. The van der Waals surface area contributed by atoms with Crippen LogP contribution in [-0.4, -0.2) is 39.8 Å². The number of aryl methyl sites for hydroxylation is 1. The number of pyridine rings is 1. The quantitative estimate of drug-likeness (QED) is 0.820. The first-order chi connectivity index (χ1) is 8.63. The Morgan fingerprint density at radius 3 is 3.06 bits per heavy atom. The molecule has 0 saturated carbocycles. The summed E-state index contributed by atoms with van der Waals surface area (Å²) in [7, 11) is 0. The zero-order valence-corrected chi connectivity index (χ0v) is 11.1. The molecule has 3 rings (SSSR count). The summed E-state index contributed by atoms with van der Waals surface area (Å²) in [6, 6.07) is 5.02. The molecule has 96 valence electrons. The Morgan fingerprint density at radius 1 is 1.39 bits per heavy atom. The van der Waals surface area contributed by atoms with Crippen LogP contribution in [0.2, 0.25) is 0 Å². The number of piperazine rings is 1. The van der Waals surface area contributed by atoms with Gasteiger partial charge in [-0.25, -0.2) is 4.52 Å². The van der Waals surface area contributed by atoms with Crippen LogP contribution in [0.5, 0.6) is 0 Å². The van der Waals surface area contributed by atoms with Crippen LogP contribution < -0.4 is 10.2 Å². The number of hydrogen-bond donors (Lipinski definition) is 1. The Kier molecular flexibility index (Phi) is 2.70. The summed E-state index contributed by atoms with van der Waals surface area (Å²) in [6.45, 7) is 8.41. The second kappa shape index (κ2) is 4.24. The van der Waals surface area contributed by atoms with E-state index >= 15 is 0 Å². The van der Waals surface area contributed by atoms with E-state index in [1.165, 1.54) is 5.56 Å². The van der Waals surface area contributed by atoms with Crippen molar-refractivity contribution in [1.29, 1.82) is 0 Å². The van der Waals surface area contributed by atoms with E-state index in [9.17, 15) is 0 Å². The monoisotopic (exact) mass is 245 g/mol. The fourth-order valence-corrected chi connectivity index (χ4v) is 2.39. The number of rotatable bonds is 1. The van der Waals surface area contributed by atoms with Crippen molar-refractivity contribution >= 4 is 11.6 Å². The lowest BCUT2D eigenvalue weighted by molar-refractivity contribution is 0.420. The lowest BCUT2D eigenvalue weighted by atomic mass is 10.1. The van der Waals surface area contributed by atoms with Crippen molar-refractivity contribution in [3.8, 4) is 0 Å². The van der Waals surface area contributed by atoms with Gasteiger partial charge in [0.2, 0.25) is 5.95 Å². The topological polar surface area (TPSA) is 45.5 Å². The molecule has 2 atom stereocenters. The minimum atomic E-state index is 0.430. The normalized spacial score (nSPS) is 24.7. The molecule has 2 aromatic rings. The van der Waals surface area contributed by atoms with Gasteiger partial charge in [-0.3, -0.25) is 0 Å². The standard InChI is InChI=1S/C13H19N5/c1-9-4-5-18-12(6-9)15-13(16-18)17-8-10(2)14-7-11(17)3/h4-6,10-11,14H,7-8H2,1-3H3. The predicted octanol–water partition coefficient (Wildman–Crippen LogP) is 1.22. The van der Waals surface area contributed by atoms with E-state index in [1.807, 2.05) is 10.7 Å². The van der Waals surface area contributed by atoms with E-state index in [0.717, 1.165) is 24.7 Å². The number of nitrogens with one attached hydrogen (secondary N) is 1.